The van der Waals surface area contributed by atoms with E-state index in [1.807, 2.05) is 31.3 Å². The van der Waals surface area contributed by atoms with E-state index >= 15 is 0 Å². The molecule has 26 heavy (non-hydrogen) atoms. The normalized spacial score (nSPS) is 11.2. The lowest BCUT2D eigenvalue weighted by molar-refractivity contribution is 0.286. The molecule has 1 aromatic carbocycles. The number of H-pyrrole nitrogens is 1. The van der Waals surface area contributed by atoms with Crippen molar-refractivity contribution in [1.29, 1.82) is 0 Å². The number of nitrogens with zero attached hydrogens (tertiary/aromatic N) is 3. The molecule has 0 saturated carbocycles. The summed E-state index contributed by atoms with van der Waals surface area (Å²) in [6, 6.07) is 8.27. The number of rotatable bonds is 8. The summed E-state index contributed by atoms with van der Waals surface area (Å²) < 4.78 is 7.10. The summed E-state index contributed by atoms with van der Waals surface area (Å²) in [7, 11) is 1.91. The zero-order valence-corrected chi connectivity index (χ0v) is 15.1. The lowest BCUT2D eigenvalue weighted by Gasteiger charge is -2.07. The number of hydrogen-bond donors (Lipinski definition) is 3. The molecule has 0 radical (unpaired) electrons. The van der Waals surface area contributed by atoms with Crippen molar-refractivity contribution >= 4 is 17.0 Å². The van der Waals surface area contributed by atoms with Gasteiger partial charge in [0.25, 0.3) is 0 Å². The van der Waals surface area contributed by atoms with E-state index in [9.17, 15) is 4.79 Å². The van der Waals surface area contributed by atoms with Gasteiger partial charge in [0, 0.05) is 6.54 Å². The Morgan fingerprint density at radius 1 is 1.23 bits per heavy atom. The fourth-order valence-corrected chi connectivity index (χ4v) is 2.70. The Bertz CT molecular complexity index is 929. The Labute approximate surface area is 151 Å². The smallest absolute Gasteiger partial charge is 0.328 e. The number of unbranched alkanes of at least 4 members (excludes halogenated alkanes) is 1. The van der Waals surface area contributed by atoms with Crippen molar-refractivity contribution in [1.82, 2.24) is 24.8 Å². The van der Waals surface area contributed by atoms with Crippen LogP contribution in [-0.4, -0.2) is 33.2 Å². The van der Waals surface area contributed by atoms with E-state index in [1.165, 1.54) is 5.56 Å². The van der Waals surface area contributed by atoms with Crippen molar-refractivity contribution in [3.8, 4) is 6.01 Å². The third kappa shape index (κ3) is 3.85. The van der Waals surface area contributed by atoms with Crippen molar-refractivity contribution in [2.75, 3.05) is 19.4 Å². The molecule has 0 spiro atoms. The lowest BCUT2D eigenvalue weighted by atomic mass is 10.1. The van der Waals surface area contributed by atoms with Crippen LogP contribution in [-0.2, 0) is 13.1 Å². The zero-order valence-electron chi connectivity index (χ0n) is 15.1. The monoisotopic (exact) mass is 356 g/mol. The molecule has 2 heterocycles. The van der Waals surface area contributed by atoms with Gasteiger partial charge in [-0.05, 0) is 24.6 Å². The van der Waals surface area contributed by atoms with Crippen LogP contribution < -0.4 is 21.5 Å². The predicted octanol–water partition coefficient (Wildman–Crippen LogP) is 1.65. The highest BCUT2D eigenvalue weighted by Gasteiger charge is 2.15. The van der Waals surface area contributed by atoms with Crippen LogP contribution in [0.4, 0.5) is 5.82 Å². The van der Waals surface area contributed by atoms with Crippen LogP contribution in [0.15, 0.2) is 29.1 Å². The van der Waals surface area contributed by atoms with Gasteiger partial charge in [-0.25, -0.2) is 4.79 Å². The molecule has 0 aliphatic heterocycles. The van der Waals surface area contributed by atoms with Gasteiger partial charge in [0.1, 0.15) is 5.52 Å². The van der Waals surface area contributed by atoms with Gasteiger partial charge in [0.15, 0.2) is 11.5 Å². The molecule has 4 N–H and O–H groups in total. The molecule has 0 aliphatic rings. The first kappa shape index (κ1) is 17.9. The van der Waals surface area contributed by atoms with Crippen LogP contribution in [0.3, 0.4) is 0 Å². The number of aromatic amines is 1. The molecule has 3 rings (SSSR count). The zero-order chi connectivity index (χ0) is 18.5. The minimum atomic E-state index is -0.272. The molecule has 2 aromatic heterocycles. The molecule has 0 atom stereocenters. The molecule has 138 valence electrons. The van der Waals surface area contributed by atoms with Crippen LogP contribution in [0, 0.1) is 0 Å². The van der Waals surface area contributed by atoms with Gasteiger partial charge in [-0.15, -0.1) is 0 Å². The van der Waals surface area contributed by atoms with E-state index < -0.39 is 0 Å². The topological polar surface area (TPSA) is 111 Å². The molecule has 0 aliphatic carbocycles. The molecule has 0 saturated heterocycles. The minimum Gasteiger partial charge on any atom is -0.463 e. The molecular weight excluding hydrogens is 332 g/mol. The van der Waals surface area contributed by atoms with E-state index in [1.54, 1.807) is 4.57 Å². The Morgan fingerprint density at radius 2 is 1.96 bits per heavy atom. The number of fused-ring (bicyclic) bond motifs is 1. The third-order valence-electron chi connectivity index (χ3n) is 4.10. The second kappa shape index (κ2) is 8.01. The van der Waals surface area contributed by atoms with E-state index in [2.05, 4.69) is 27.2 Å². The molecule has 8 heteroatoms. The largest absolute Gasteiger partial charge is 0.463 e. The van der Waals surface area contributed by atoms with Gasteiger partial charge >= 0.3 is 11.7 Å². The van der Waals surface area contributed by atoms with Crippen molar-refractivity contribution in [2.45, 2.75) is 32.9 Å². The maximum Gasteiger partial charge on any atom is 0.328 e. The highest BCUT2D eigenvalue weighted by Crippen LogP contribution is 2.18. The summed E-state index contributed by atoms with van der Waals surface area (Å²) >= 11 is 0. The van der Waals surface area contributed by atoms with Crippen LogP contribution in [0.2, 0.25) is 0 Å². The Hall–Kier alpha value is -2.87. The third-order valence-corrected chi connectivity index (χ3v) is 4.10. The molecule has 0 amide bonds. The van der Waals surface area contributed by atoms with Crippen LogP contribution in [0.1, 0.15) is 30.9 Å². The first-order valence-electron chi connectivity index (χ1n) is 8.73. The Kier molecular flexibility index (Phi) is 5.52. The van der Waals surface area contributed by atoms with E-state index in [-0.39, 0.29) is 17.5 Å². The molecule has 8 nitrogen and oxygen atoms in total. The quantitative estimate of drug-likeness (QED) is 0.529. The molecular formula is C18H24N6O2. The van der Waals surface area contributed by atoms with Crippen LogP contribution >= 0.6 is 0 Å². The van der Waals surface area contributed by atoms with Gasteiger partial charge in [0.05, 0.1) is 13.2 Å². The maximum absolute atomic E-state index is 12.4. The highest BCUT2D eigenvalue weighted by atomic mass is 16.5. The number of imidazole rings is 1. The number of aromatic nitrogens is 4. The fraction of sp³-hybridized carbons (Fsp3) is 0.389. The van der Waals surface area contributed by atoms with Crippen molar-refractivity contribution in [3.63, 3.8) is 0 Å². The summed E-state index contributed by atoms with van der Waals surface area (Å²) in [6.07, 6.45) is 1.91. The molecule has 0 fully saturated rings. The first-order valence-corrected chi connectivity index (χ1v) is 8.73. The summed E-state index contributed by atoms with van der Waals surface area (Å²) in [5, 5.41) is 3.11. The average Bonchev–Trinajstić information content (AvgIpc) is 2.94. The van der Waals surface area contributed by atoms with Crippen LogP contribution in [0.25, 0.3) is 11.2 Å². The summed E-state index contributed by atoms with van der Waals surface area (Å²) in [4.78, 5) is 23.6. The number of nitrogens with one attached hydrogen (secondary N) is 2. The SMILES string of the molecule is CCCCOc1nc(N)c2[nH]c(=O)n(Cc3ccc(CNC)cc3)c2n1. The predicted molar refractivity (Wildman–Crippen MR) is 101 cm³/mol. The average molecular weight is 356 g/mol. The number of nitrogen functional groups attached to an aromatic ring is 1. The number of hydrogen-bond acceptors (Lipinski definition) is 6. The first-order chi connectivity index (χ1) is 12.6. The van der Waals surface area contributed by atoms with Crippen molar-refractivity contribution in [2.24, 2.45) is 0 Å². The van der Waals surface area contributed by atoms with Gasteiger partial charge in [-0.1, -0.05) is 37.6 Å². The van der Waals surface area contributed by atoms with E-state index in [0.29, 0.717) is 24.3 Å². The molecule has 3 aromatic rings. The van der Waals surface area contributed by atoms with E-state index in [4.69, 9.17) is 10.5 Å². The van der Waals surface area contributed by atoms with Gasteiger partial charge in [-0.3, -0.25) is 4.57 Å². The molecule has 0 unspecified atom stereocenters. The maximum atomic E-state index is 12.4. The number of anilines is 1. The van der Waals surface area contributed by atoms with Crippen molar-refractivity contribution < 1.29 is 4.74 Å². The second-order valence-electron chi connectivity index (χ2n) is 6.16. The van der Waals surface area contributed by atoms with Crippen LogP contribution in [0.5, 0.6) is 6.01 Å². The molecule has 0 bridgehead atoms. The highest BCUT2D eigenvalue weighted by molar-refractivity contribution is 5.81. The summed E-state index contributed by atoms with van der Waals surface area (Å²) in [5.41, 5.74) is 8.76. The Morgan fingerprint density at radius 3 is 2.65 bits per heavy atom. The minimum absolute atomic E-state index is 0.195. The lowest BCUT2D eigenvalue weighted by Crippen LogP contribution is -2.18. The number of nitrogens with two attached hydrogens (primary N) is 1. The summed E-state index contributed by atoms with van der Waals surface area (Å²) in [5.74, 6) is 0.210. The van der Waals surface area contributed by atoms with E-state index in [0.717, 1.165) is 24.9 Å². The Balaban J connectivity index is 1.91. The van der Waals surface area contributed by atoms with Gasteiger partial charge in [0.2, 0.25) is 0 Å². The van der Waals surface area contributed by atoms with Crippen molar-refractivity contribution in [3.05, 3.63) is 45.9 Å². The number of ether oxygens (including phenoxy) is 1. The van der Waals surface area contributed by atoms with Gasteiger partial charge < -0.3 is 20.8 Å². The fourth-order valence-electron chi connectivity index (χ4n) is 2.70. The standard InChI is InChI=1S/C18H24N6O2/c1-3-4-9-26-17-22-15(19)14-16(23-17)24(18(25)21-14)11-13-7-5-12(6-8-13)10-20-2/h5-8,20H,3-4,9-11H2,1-2H3,(H,21,25)(H2,19,22,23). The second-order valence-corrected chi connectivity index (χ2v) is 6.16. The summed E-state index contributed by atoms with van der Waals surface area (Å²) in [6.45, 7) is 3.79. The number of benzene rings is 1. The van der Waals surface area contributed by atoms with Gasteiger partial charge in [-0.2, -0.15) is 9.97 Å².